The first-order chi connectivity index (χ1) is 6.89. The lowest BCUT2D eigenvalue weighted by Gasteiger charge is -2.17. The van der Waals surface area contributed by atoms with Gasteiger partial charge in [0.2, 0.25) is 0 Å². The van der Waals surface area contributed by atoms with Crippen molar-refractivity contribution in [3.63, 3.8) is 0 Å². The molecule has 0 fully saturated rings. The van der Waals surface area contributed by atoms with Crippen LogP contribution >= 0.6 is 0 Å². The van der Waals surface area contributed by atoms with Gasteiger partial charge in [0, 0.05) is 0 Å². The van der Waals surface area contributed by atoms with E-state index in [2.05, 4.69) is 9.38 Å². The predicted molar refractivity (Wildman–Crippen MR) is 59.7 cm³/mol. The van der Waals surface area contributed by atoms with Crippen molar-refractivity contribution in [1.29, 1.82) is 0 Å². The summed E-state index contributed by atoms with van der Waals surface area (Å²) in [6, 6.07) is 2.77. The maximum Gasteiger partial charge on any atom is 0.144 e. The molecule has 3 nitrogen and oxygen atoms in total. The minimum Gasteiger partial charge on any atom is -0.591 e. The van der Waals surface area contributed by atoms with E-state index in [1.165, 1.54) is 18.3 Å². The fraction of sp³-hybridized carbons (Fsp3) is 0.400. The molecule has 0 amide bonds. The summed E-state index contributed by atoms with van der Waals surface area (Å²) in [5.74, 6) is -0.399. The van der Waals surface area contributed by atoms with E-state index in [4.69, 9.17) is 0 Å². The van der Waals surface area contributed by atoms with Gasteiger partial charge in [-0.1, -0.05) is 4.40 Å². The molecule has 1 rings (SSSR count). The standard InChI is InChI=1S/C10H13FN2OS/c1-10(2,3)15(14)13-7-9-5-4-8(11)6-12-9/h4-7H,1-3H3. The van der Waals surface area contributed by atoms with E-state index in [9.17, 15) is 8.94 Å². The highest BCUT2D eigenvalue weighted by Gasteiger charge is 2.25. The zero-order chi connectivity index (χ0) is 11.5. The van der Waals surface area contributed by atoms with Gasteiger partial charge in [-0.15, -0.1) is 0 Å². The summed E-state index contributed by atoms with van der Waals surface area (Å²) in [7, 11) is 0. The maximum atomic E-state index is 12.5. The number of aromatic nitrogens is 1. The van der Waals surface area contributed by atoms with Crippen molar-refractivity contribution in [2.24, 2.45) is 4.40 Å². The Morgan fingerprint density at radius 3 is 2.60 bits per heavy atom. The highest BCUT2D eigenvalue weighted by atomic mass is 32.2. The fourth-order valence-electron chi connectivity index (χ4n) is 0.724. The van der Waals surface area contributed by atoms with E-state index < -0.39 is 21.9 Å². The molecule has 82 valence electrons. The molecule has 0 N–H and O–H groups in total. The number of nitrogens with zero attached hydrogens (tertiary/aromatic N) is 2. The molecule has 0 saturated carbocycles. The van der Waals surface area contributed by atoms with Crippen LogP contribution in [0.5, 0.6) is 0 Å². The Balaban J connectivity index is 2.70. The van der Waals surface area contributed by atoms with E-state index in [-0.39, 0.29) is 0 Å². The molecule has 0 bridgehead atoms. The summed E-state index contributed by atoms with van der Waals surface area (Å²) in [5, 5.41) is 0. The van der Waals surface area contributed by atoms with Gasteiger partial charge in [0.05, 0.1) is 11.9 Å². The third kappa shape index (κ3) is 3.97. The van der Waals surface area contributed by atoms with E-state index in [1.807, 2.05) is 20.8 Å². The Bertz CT molecular complexity index is 345. The normalized spacial score (nSPS) is 14.5. The summed E-state index contributed by atoms with van der Waals surface area (Å²) >= 11 is -1.31. The van der Waals surface area contributed by atoms with Crippen LogP contribution in [-0.2, 0) is 11.4 Å². The van der Waals surface area contributed by atoms with Crippen LogP contribution in [0.2, 0.25) is 0 Å². The van der Waals surface area contributed by atoms with Crippen molar-refractivity contribution in [3.8, 4) is 0 Å². The zero-order valence-corrected chi connectivity index (χ0v) is 9.71. The summed E-state index contributed by atoms with van der Waals surface area (Å²) in [4.78, 5) is 3.77. The van der Waals surface area contributed by atoms with Gasteiger partial charge >= 0.3 is 0 Å². The van der Waals surface area contributed by atoms with Crippen molar-refractivity contribution in [2.75, 3.05) is 0 Å². The molecule has 0 radical (unpaired) electrons. The van der Waals surface area contributed by atoms with Gasteiger partial charge in [-0.25, -0.2) is 4.39 Å². The molecule has 0 aliphatic rings. The monoisotopic (exact) mass is 228 g/mol. The van der Waals surface area contributed by atoms with Crippen molar-refractivity contribution in [1.82, 2.24) is 4.98 Å². The van der Waals surface area contributed by atoms with Crippen LogP contribution in [0.4, 0.5) is 4.39 Å². The second-order valence-electron chi connectivity index (χ2n) is 4.00. The Hall–Kier alpha value is -0.940. The van der Waals surface area contributed by atoms with Crippen LogP contribution in [0.1, 0.15) is 26.5 Å². The van der Waals surface area contributed by atoms with Crippen molar-refractivity contribution in [3.05, 3.63) is 29.8 Å². The molecule has 0 aromatic carbocycles. The van der Waals surface area contributed by atoms with E-state index in [1.54, 1.807) is 0 Å². The topological polar surface area (TPSA) is 48.3 Å². The molecular weight excluding hydrogens is 215 g/mol. The van der Waals surface area contributed by atoms with E-state index >= 15 is 0 Å². The summed E-state index contributed by atoms with van der Waals surface area (Å²) in [5.41, 5.74) is 0.494. The van der Waals surface area contributed by atoms with Crippen molar-refractivity contribution in [2.45, 2.75) is 25.5 Å². The second-order valence-corrected chi connectivity index (χ2v) is 5.93. The molecule has 1 aromatic rings. The Morgan fingerprint density at radius 2 is 2.13 bits per heavy atom. The van der Waals surface area contributed by atoms with Crippen molar-refractivity contribution >= 4 is 17.6 Å². The van der Waals surface area contributed by atoms with Crippen LogP contribution < -0.4 is 0 Å². The van der Waals surface area contributed by atoms with Gasteiger partial charge in [-0.3, -0.25) is 4.98 Å². The molecule has 1 aromatic heterocycles. The molecule has 1 unspecified atom stereocenters. The lowest BCUT2D eigenvalue weighted by Crippen LogP contribution is -2.25. The summed E-state index contributed by atoms with van der Waals surface area (Å²) in [6.45, 7) is 5.50. The average molecular weight is 228 g/mol. The average Bonchev–Trinajstić information content (AvgIpc) is 2.15. The molecule has 0 aliphatic heterocycles. The zero-order valence-electron chi connectivity index (χ0n) is 8.90. The van der Waals surface area contributed by atoms with Gasteiger partial charge in [0.25, 0.3) is 0 Å². The van der Waals surface area contributed by atoms with E-state index in [0.29, 0.717) is 5.69 Å². The molecular formula is C10H13FN2OS. The van der Waals surface area contributed by atoms with Crippen LogP contribution in [-0.4, -0.2) is 20.5 Å². The predicted octanol–water partition coefficient (Wildman–Crippen LogP) is 2.10. The van der Waals surface area contributed by atoms with Crippen LogP contribution in [0.25, 0.3) is 0 Å². The first-order valence-corrected chi connectivity index (χ1v) is 5.58. The number of halogens is 1. The second kappa shape index (κ2) is 4.72. The number of hydrogen-bond acceptors (Lipinski definition) is 3. The summed E-state index contributed by atoms with van der Waals surface area (Å²) in [6.07, 6.45) is 2.49. The molecule has 1 atom stereocenters. The number of hydrogen-bond donors (Lipinski definition) is 0. The SMILES string of the molecule is CC(C)(C)[S+]([O-])N=Cc1ccc(F)cn1. The van der Waals surface area contributed by atoms with Crippen LogP contribution in [0.15, 0.2) is 22.7 Å². The molecule has 5 heteroatoms. The highest BCUT2D eigenvalue weighted by molar-refractivity contribution is 7.91. The molecule has 15 heavy (non-hydrogen) atoms. The Labute approximate surface area is 91.8 Å². The first-order valence-electron chi connectivity index (χ1n) is 4.47. The van der Waals surface area contributed by atoms with Gasteiger partial charge < -0.3 is 4.55 Å². The third-order valence-corrected chi connectivity index (χ3v) is 2.90. The number of rotatable bonds is 2. The minimum absolute atomic E-state index is 0.392. The first kappa shape index (κ1) is 12.1. The van der Waals surface area contributed by atoms with Crippen molar-refractivity contribution < 1.29 is 8.94 Å². The largest absolute Gasteiger partial charge is 0.591 e. The third-order valence-electron chi connectivity index (χ3n) is 1.55. The minimum atomic E-state index is -1.31. The van der Waals surface area contributed by atoms with Crippen LogP contribution in [0.3, 0.4) is 0 Å². The molecule has 0 spiro atoms. The molecule has 0 aliphatic carbocycles. The Morgan fingerprint density at radius 1 is 1.47 bits per heavy atom. The summed E-state index contributed by atoms with van der Waals surface area (Å²) < 4.78 is 27.5. The molecule has 0 saturated heterocycles. The lowest BCUT2D eigenvalue weighted by molar-refractivity contribution is 0.562. The quantitative estimate of drug-likeness (QED) is 0.575. The van der Waals surface area contributed by atoms with Gasteiger partial charge in [-0.05, 0) is 32.9 Å². The Kier molecular flexibility index (Phi) is 3.82. The van der Waals surface area contributed by atoms with Gasteiger partial charge in [0.1, 0.15) is 28.1 Å². The highest BCUT2D eigenvalue weighted by Crippen LogP contribution is 2.16. The smallest absolute Gasteiger partial charge is 0.144 e. The molecule has 1 heterocycles. The maximum absolute atomic E-state index is 12.5. The fourth-order valence-corrected chi connectivity index (χ4v) is 1.24. The van der Waals surface area contributed by atoms with Gasteiger partial charge in [0.15, 0.2) is 0 Å². The number of pyridine rings is 1. The van der Waals surface area contributed by atoms with Crippen LogP contribution in [0, 0.1) is 5.82 Å². The van der Waals surface area contributed by atoms with Gasteiger partial charge in [-0.2, -0.15) is 0 Å². The van der Waals surface area contributed by atoms with E-state index in [0.717, 1.165) is 6.20 Å². The lowest BCUT2D eigenvalue weighted by atomic mass is 10.3.